The van der Waals surface area contributed by atoms with Gasteiger partial charge in [-0.3, -0.25) is 0 Å². The van der Waals surface area contributed by atoms with Crippen molar-refractivity contribution in [3.63, 3.8) is 0 Å². The van der Waals surface area contributed by atoms with Crippen molar-refractivity contribution in [2.75, 3.05) is 6.54 Å². The lowest BCUT2D eigenvalue weighted by molar-refractivity contribution is 0.316. The minimum Gasteiger partial charge on any atom is -0.459 e. The molecule has 2 rings (SSSR count). The zero-order valence-electron chi connectivity index (χ0n) is 12.5. The number of furan rings is 1. The smallest absolute Gasteiger partial charge is 0.134 e. The Morgan fingerprint density at radius 3 is 2.58 bits per heavy atom. The summed E-state index contributed by atoms with van der Waals surface area (Å²) < 4.78 is 5.99. The molecule has 0 amide bonds. The lowest BCUT2D eigenvalue weighted by atomic mass is 9.88. The molecule has 1 aromatic heterocycles. The lowest BCUT2D eigenvalue weighted by Gasteiger charge is -2.22. The summed E-state index contributed by atoms with van der Waals surface area (Å²) in [6.45, 7) is 9.97. The summed E-state index contributed by atoms with van der Waals surface area (Å²) in [5.74, 6) is 1.06. The van der Waals surface area contributed by atoms with Crippen LogP contribution in [0.1, 0.15) is 52.3 Å². The molecular formula is C17H25NO. The summed E-state index contributed by atoms with van der Waals surface area (Å²) in [5, 5.41) is 4.73. The molecule has 104 valence electrons. The van der Waals surface area contributed by atoms with Gasteiger partial charge in [0.15, 0.2) is 0 Å². The van der Waals surface area contributed by atoms with E-state index < -0.39 is 0 Å². The number of benzene rings is 1. The van der Waals surface area contributed by atoms with Gasteiger partial charge in [-0.1, -0.05) is 45.9 Å². The third-order valence-electron chi connectivity index (χ3n) is 3.42. The fourth-order valence-corrected chi connectivity index (χ4v) is 2.34. The standard InChI is InChI=1S/C17H25NO/c1-5-18-14(10-11-17(2,3)4)16-12-13-8-6-7-9-15(13)19-16/h6-9,12,14,18H,5,10-11H2,1-4H3. The normalized spacial score (nSPS) is 13.9. The molecule has 0 aliphatic carbocycles. The first-order chi connectivity index (χ1) is 8.99. The first-order valence-electron chi connectivity index (χ1n) is 7.21. The fourth-order valence-electron chi connectivity index (χ4n) is 2.34. The van der Waals surface area contributed by atoms with Crippen LogP contribution in [0.2, 0.25) is 0 Å². The van der Waals surface area contributed by atoms with Gasteiger partial charge in [-0.2, -0.15) is 0 Å². The van der Waals surface area contributed by atoms with Crippen molar-refractivity contribution in [1.82, 2.24) is 5.32 Å². The van der Waals surface area contributed by atoms with Gasteiger partial charge in [-0.05, 0) is 36.9 Å². The predicted molar refractivity (Wildman–Crippen MR) is 81.3 cm³/mol. The van der Waals surface area contributed by atoms with E-state index in [1.54, 1.807) is 0 Å². The summed E-state index contributed by atoms with van der Waals surface area (Å²) in [6.07, 6.45) is 2.29. The van der Waals surface area contributed by atoms with Crippen molar-refractivity contribution in [2.45, 2.75) is 46.6 Å². The van der Waals surface area contributed by atoms with Crippen LogP contribution < -0.4 is 5.32 Å². The second kappa shape index (κ2) is 5.79. The Balaban J connectivity index is 2.17. The highest BCUT2D eigenvalue weighted by Crippen LogP contribution is 2.30. The van der Waals surface area contributed by atoms with E-state index >= 15 is 0 Å². The molecule has 0 aliphatic rings. The highest BCUT2D eigenvalue weighted by atomic mass is 16.3. The molecule has 0 bridgehead atoms. The highest BCUT2D eigenvalue weighted by Gasteiger charge is 2.19. The number of fused-ring (bicyclic) bond motifs is 1. The van der Waals surface area contributed by atoms with Gasteiger partial charge in [-0.25, -0.2) is 0 Å². The monoisotopic (exact) mass is 259 g/mol. The van der Waals surface area contributed by atoms with Gasteiger partial charge in [-0.15, -0.1) is 0 Å². The van der Waals surface area contributed by atoms with Crippen LogP contribution in [-0.2, 0) is 0 Å². The summed E-state index contributed by atoms with van der Waals surface area (Å²) >= 11 is 0. The van der Waals surface area contributed by atoms with E-state index in [2.05, 4.69) is 51.2 Å². The minimum absolute atomic E-state index is 0.316. The van der Waals surface area contributed by atoms with Gasteiger partial charge in [0.2, 0.25) is 0 Å². The molecule has 0 radical (unpaired) electrons. The molecule has 1 N–H and O–H groups in total. The number of hydrogen-bond acceptors (Lipinski definition) is 2. The topological polar surface area (TPSA) is 25.2 Å². The Kier molecular flexibility index (Phi) is 4.31. The SMILES string of the molecule is CCNC(CCC(C)(C)C)c1cc2ccccc2o1. The molecule has 1 unspecified atom stereocenters. The molecule has 19 heavy (non-hydrogen) atoms. The minimum atomic E-state index is 0.316. The van der Waals surface area contributed by atoms with Gasteiger partial charge in [0, 0.05) is 5.39 Å². The molecule has 0 saturated carbocycles. The van der Waals surface area contributed by atoms with Crippen LogP contribution in [0.15, 0.2) is 34.7 Å². The predicted octanol–water partition coefficient (Wildman–Crippen LogP) is 4.91. The molecule has 0 spiro atoms. The maximum absolute atomic E-state index is 5.99. The Labute approximate surface area is 116 Å². The zero-order valence-corrected chi connectivity index (χ0v) is 12.5. The van der Waals surface area contributed by atoms with Gasteiger partial charge >= 0.3 is 0 Å². The van der Waals surface area contributed by atoms with Crippen molar-refractivity contribution in [1.29, 1.82) is 0 Å². The van der Waals surface area contributed by atoms with E-state index in [0.29, 0.717) is 11.5 Å². The Morgan fingerprint density at radius 1 is 1.21 bits per heavy atom. The van der Waals surface area contributed by atoms with Crippen LogP contribution in [-0.4, -0.2) is 6.54 Å². The van der Waals surface area contributed by atoms with E-state index in [1.165, 1.54) is 11.8 Å². The summed E-state index contributed by atoms with van der Waals surface area (Å²) in [7, 11) is 0. The third kappa shape index (κ3) is 3.84. The van der Waals surface area contributed by atoms with Crippen LogP contribution in [0, 0.1) is 5.41 Å². The second-order valence-corrected chi connectivity index (χ2v) is 6.40. The second-order valence-electron chi connectivity index (χ2n) is 6.40. The van der Waals surface area contributed by atoms with Crippen molar-refractivity contribution in [3.05, 3.63) is 36.1 Å². The lowest BCUT2D eigenvalue weighted by Crippen LogP contribution is -2.22. The Hall–Kier alpha value is -1.28. The molecule has 1 aromatic carbocycles. The number of hydrogen-bond donors (Lipinski definition) is 1. The van der Waals surface area contributed by atoms with E-state index in [0.717, 1.165) is 24.3 Å². The highest BCUT2D eigenvalue weighted by molar-refractivity contribution is 5.77. The molecule has 2 heteroatoms. The van der Waals surface area contributed by atoms with Crippen molar-refractivity contribution in [3.8, 4) is 0 Å². The first-order valence-corrected chi connectivity index (χ1v) is 7.21. The van der Waals surface area contributed by atoms with Gasteiger partial charge in [0.25, 0.3) is 0 Å². The summed E-state index contributed by atoms with van der Waals surface area (Å²) in [6, 6.07) is 10.7. The van der Waals surface area contributed by atoms with Crippen molar-refractivity contribution in [2.24, 2.45) is 5.41 Å². The van der Waals surface area contributed by atoms with Gasteiger partial charge in [0.05, 0.1) is 6.04 Å². The quantitative estimate of drug-likeness (QED) is 0.825. The molecular weight excluding hydrogens is 234 g/mol. The molecule has 2 nitrogen and oxygen atoms in total. The maximum atomic E-state index is 5.99. The Morgan fingerprint density at radius 2 is 1.95 bits per heavy atom. The number of nitrogens with one attached hydrogen (secondary N) is 1. The van der Waals surface area contributed by atoms with Crippen molar-refractivity contribution < 1.29 is 4.42 Å². The van der Waals surface area contributed by atoms with Crippen LogP contribution in [0.4, 0.5) is 0 Å². The Bertz CT molecular complexity index is 488. The van der Waals surface area contributed by atoms with Crippen LogP contribution in [0.3, 0.4) is 0 Å². The van der Waals surface area contributed by atoms with Crippen LogP contribution in [0.25, 0.3) is 11.0 Å². The number of para-hydroxylation sites is 1. The van der Waals surface area contributed by atoms with E-state index in [-0.39, 0.29) is 0 Å². The molecule has 1 heterocycles. The fraction of sp³-hybridized carbons (Fsp3) is 0.529. The molecule has 1 atom stereocenters. The van der Waals surface area contributed by atoms with E-state index in [4.69, 9.17) is 4.42 Å². The zero-order chi connectivity index (χ0) is 13.9. The third-order valence-corrected chi connectivity index (χ3v) is 3.42. The molecule has 0 aliphatic heterocycles. The number of rotatable bonds is 5. The van der Waals surface area contributed by atoms with Crippen molar-refractivity contribution >= 4 is 11.0 Å². The average Bonchev–Trinajstić information content (AvgIpc) is 2.76. The molecule has 0 saturated heterocycles. The maximum Gasteiger partial charge on any atom is 0.134 e. The average molecular weight is 259 g/mol. The summed E-state index contributed by atoms with van der Waals surface area (Å²) in [4.78, 5) is 0. The molecule has 0 fully saturated rings. The molecule has 2 aromatic rings. The van der Waals surface area contributed by atoms with Crippen LogP contribution >= 0.6 is 0 Å². The van der Waals surface area contributed by atoms with E-state index in [9.17, 15) is 0 Å². The first kappa shape index (κ1) is 14.1. The van der Waals surface area contributed by atoms with Gasteiger partial charge < -0.3 is 9.73 Å². The van der Waals surface area contributed by atoms with Gasteiger partial charge in [0.1, 0.15) is 11.3 Å². The van der Waals surface area contributed by atoms with E-state index in [1.807, 2.05) is 12.1 Å². The summed E-state index contributed by atoms with van der Waals surface area (Å²) in [5.41, 5.74) is 1.34. The van der Waals surface area contributed by atoms with Crippen LogP contribution in [0.5, 0.6) is 0 Å². The largest absolute Gasteiger partial charge is 0.459 e.